The molecule has 0 aromatic heterocycles. The molecule has 1 aliphatic rings. The summed E-state index contributed by atoms with van der Waals surface area (Å²) in [6, 6.07) is 17.5. The lowest BCUT2D eigenvalue weighted by atomic mass is 10.0. The van der Waals surface area contributed by atoms with Crippen molar-refractivity contribution in [3.8, 4) is 5.75 Å². The number of ether oxygens (including phenoxy) is 1. The molecule has 0 saturated carbocycles. The minimum Gasteiger partial charge on any atom is -0.479 e. The maximum absolute atomic E-state index is 12.6. The number of anilines is 1. The third-order valence-electron chi connectivity index (χ3n) is 4.64. The van der Waals surface area contributed by atoms with Crippen LogP contribution < -0.4 is 10.1 Å². The van der Waals surface area contributed by atoms with Gasteiger partial charge < -0.3 is 10.1 Å². The van der Waals surface area contributed by atoms with E-state index in [1.165, 1.54) is 16.5 Å². The van der Waals surface area contributed by atoms with Gasteiger partial charge in [-0.15, -0.1) is 0 Å². The van der Waals surface area contributed by atoms with E-state index in [9.17, 15) is 4.79 Å². The zero-order valence-electron chi connectivity index (χ0n) is 13.9. The second kappa shape index (κ2) is 6.41. The highest BCUT2D eigenvalue weighted by atomic mass is 35.5. The van der Waals surface area contributed by atoms with Gasteiger partial charge >= 0.3 is 0 Å². The van der Waals surface area contributed by atoms with Gasteiger partial charge in [0, 0.05) is 11.1 Å². The Hall–Kier alpha value is -2.52. The number of amides is 1. The van der Waals surface area contributed by atoms with Gasteiger partial charge in [-0.2, -0.15) is 0 Å². The average Bonchev–Trinajstić information content (AvgIpc) is 3.04. The van der Waals surface area contributed by atoms with E-state index < -0.39 is 6.10 Å². The number of nitrogens with one attached hydrogen (secondary N) is 1. The molecule has 0 aliphatic heterocycles. The predicted octanol–water partition coefficient (Wildman–Crippen LogP) is 5.00. The highest BCUT2D eigenvalue weighted by Crippen LogP contribution is 2.35. The van der Waals surface area contributed by atoms with Crippen molar-refractivity contribution in [3.05, 3.63) is 70.7 Å². The minimum absolute atomic E-state index is 0.196. The molecule has 0 saturated heterocycles. The summed E-state index contributed by atoms with van der Waals surface area (Å²) in [5, 5.41) is 5.86. The zero-order chi connectivity index (χ0) is 17.4. The molecular weight excluding hydrogens is 334 g/mol. The van der Waals surface area contributed by atoms with Crippen LogP contribution in [0.3, 0.4) is 0 Å². The molecule has 3 aromatic rings. The fraction of sp³-hybridized carbons (Fsp3) is 0.190. The van der Waals surface area contributed by atoms with Crippen molar-refractivity contribution in [2.75, 3.05) is 5.32 Å². The fourth-order valence-electron chi connectivity index (χ4n) is 3.37. The summed E-state index contributed by atoms with van der Waals surface area (Å²) < 4.78 is 5.71. The van der Waals surface area contributed by atoms with Crippen LogP contribution in [0.5, 0.6) is 5.75 Å². The van der Waals surface area contributed by atoms with E-state index in [0.29, 0.717) is 10.8 Å². The number of aryl methyl sites for hydroxylation is 2. The Balaban J connectivity index is 1.57. The minimum atomic E-state index is -0.650. The maximum Gasteiger partial charge on any atom is 0.265 e. The molecule has 1 aliphatic carbocycles. The maximum atomic E-state index is 12.6. The summed E-state index contributed by atoms with van der Waals surface area (Å²) in [4.78, 5) is 12.6. The first-order valence-corrected chi connectivity index (χ1v) is 8.77. The molecule has 0 unspecified atom stereocenters. The highest BCUT2D eigenvalue weighted by Gasteiger charge is 2.20. The Labute approximate surface area is 151 Å². The molecule has 1 N–H and O–H groups in total. The molecular formula is C21H18ClNO2. The molecule has 0 bridgehead atoms. The number of rotatable bonds is 4. The van der Waals surface area contributed by atoms with Crippen LogP contribution >= 0.6 is 11.6 Å². The largest absolute Gasteiger partial charge is 0.479 e. The number of halogens is 1. The molecule has 0 radical (unpaired) electrons. The van der Waals surface area contributed by atoms with Crippen molar-refractivity contribution in [1.29, 1.82) is 0 Å². The molecule has 1 amide bonds. The molecule has 0 heterocycles. The second-order valence-corrected chi connectivity index (χ2v) is 6.70. The Bertz CT molecular complexity index is 957. The van der Waals surface area contributed by atoms with E-state index in [0.717, 1.165) is 23.9 Å². The summed E-state index contributed by atoms with van der Waals surface area (Å²) in [5.74, 6) is 0.311. The molecule has 4 heteroatoms. The normalized spacial score (nSPS) is 13.7. The first-order chi connectivity index (χ1) is 12.1. The Morgan fingerprint density at radius 1 is 1.04 bits per heavy atom. The summed E-state index contributed by atoms with van der Waals surface area (Å²) in [5.41, 5.74) is 3.52. The van der Waals surface area contributed by atoms with Crippen LogP contribution in [0.25, 0.3) is 10.8 Å². The third kappa shape index (κ3) is 2.96. The number of hydrogen-bond donors (Lipinski definition) is 1. The third-order valence-corrected chi connectivity index (χ3v) is 4.96. The van der Waals surface area contributed by atoms with E-state index in [4.69, 9.17) is 16.3 Å². The highest BCUT2D eigenvalue weighted by molar-refractivity contribution is 6.32. The smallest absolute Gasteiger partial charge is 0.265 e. The van der Waals surface area contributed by atoms with Gasteiger partial charge in [0.1, 0.15) is 5.75 Å². The number of hydrogen-bond acceptors (Lipinski definition) is 2. The molecule has 126 valence electrons. The molecule has 4 rings (SSSR count). The summed E-state index contributed by atoms with van der Waals surface area (Å²) in [7, 11) is 0. The first-order valence-electron chi connectivity index (χ1n) is 8.39. The Kier molecular flexibility index (Phi) is 4.10. The zero-order valence-corrected chi connectivity index (χ0v) is 14.6. The van der Waals surface area contributed by atoms with Gasteiger partial charge in [-0.1, -0.05) is 48.0 Å². The van der Waals surface area contributed by atoms with Crippen LogP contribution in [0.2, 0.25) is 5.02 Å². The van der Waals surface area contributed by atoms with Crippen LogP contribution in [0.1, 0.15) is 18.1 Å². The monoisotopic (exact) mass is 351 g/mol. The van der Waals surface area contributed by atoms with Gasteiger partial charge in [0.2, 0.25) is 0 Å². The van der Waals surface area contributed by atoms with E-state index in [2.05, 4.69) is 23.5 Å². The molecule has 1 atom stereocenters. The van der Waals surface area contributed by atoms with E-state index in [1.807, 2.05) is 24.3 Å². The lowest BCUT2D eigenvalue weighted by Gasteiger charge is -2.17. The van der Waals surface area contributed by atoms with Gasteiger partial charge in [0.25, 0.3) is 5.91 Å². The molecule has 0 fully saturated rings. The SMILES string of the molecule is C[C@@H](Oc1ccccc1Cl)C(=O)Nc1ccc2c3c(cccc13)CC2. The average molecular weight is 352 g/mol. The second-order valence-electron chi connectivity index (χ2n) is 6.29. The standard InChI is InChI=1S/C21H18ClNO2/c1-13(25-19-8-3-2-7-17(19)22)21(24)23-18-12-11-15-10-9-14-5-4-6-16(18)20(14)15/h2-8,11-13H,9-10H2,1H3,(H,23,24)/t13-/m1/s1. The van der Waals surface area contributed by atoms with Crippen molar-refractivity contribution in [2.24, 2.45) is 0 Å². The van der Waals surface area contributed by atoms with Gasteiger partial charge in [-0.25, -0.2) is 0 Å². The Morgan fingerprint density at radius 2 is 1.80 bits per heavy atom. The van der Waals surface area contributed by atoms with Gasteiger partial charge in [0.15, 0.2) is 6.10 Å². The fourth-order valence-corrected chi connectivity index (χ4v) is 3.55. The van der Waals surface area contributed by atoms with Crippen molar-refractivity contribution in [1.82, 2.24) is 0 Å². The van der Waals surface area contributed by atoms with Crippen LogP contribution in [0.15, 0.2) is 54.6 Å². The van der Waals surface area contributed by atoms with Crippen molar-refractivity contribution in [2.45, 2.75) is 25.9 Å². The summed E-state index contributed by atoms with van der Waals surface area (Å²) in [6.45, 7) is 1.72. The molecule has 3 nitrogen and oxygen atoms in total. The van der Waals surface area contributed by atoms with Gasteiger partial charge in [-0.3, -0.25) is 4.79 Å². The number of carbonyl (C=O) groups excluding carboxylic acids is 1. The number of para-hydroxylation sites is 1. The number of benzene rings is 3. The van der Waals surface area contributed by atoms with Crippen LogP contribution in [-0.4, -0.2) is 12.0 Å². The van der Waals surface area contributed by atoms with E-state index in [-0.39, 0.29) is 5.91 Å². The van der Waals surface area contributed by atoms with E-state index >= 15 is 0 Å². The Morgan fingerprint density at radius 3 is 2.60 bits per heavy atom. The van der Waals surface area contributed by atoms with Crippen LogP contribution in [0, 0.1) is 0 Å². The molecule has 0 spiro atoms. The lowest BCUT2D eigenvalue weighted by Crippen LogP contribution is -2.30. The van der Waals surface area contributed by atoms with Gasteiger partial charge in [0.05, 0.1) is 5.02 Å². The van der Waals surface area contributed by atoms with Crippen LogP contribution in [0.4, 0.5) is 5.69 Å². The molecule has 25 heavy (non-hydrogen) atoms. The first kappa shape index (κ1) is 16.0. The van der Waals surface area contributed by atoms with Crippen molar-refractivity contribution >= 4 is 34.0 Å². The predicted molar refractivity (Wildman–Crippen MR) is 102 cm³/mol. The van der Waals surface area contributed by atoms with Gasteiger partial charge in [-0.05, 0) is 54.5 Å². The number of carbonyl (C=O) groups is 1. The summed E-state index contributed by atoms with van der Waals surface area (Å²) >= 11 is 6.10. The quantitative estimate of drug-likeness (QED) is 0.718. The lowest BCUT2D eigenvalue weighted by molar-refractivity contribution is -0.122. The summed E-state index contributed by atoms with van der Waals surface area (Å²) in [6.07, 6.45) is 1.48. The van der Waals surface area contributed by atoms with Crippen molar-refractivity contribution in [3.63, 3.8) is 0 Å². The van der Waals surface area contributed by atoms with E-state index in [1.54, 1.807) is 19.1 Å². The molecule has 3 aromatic carbocycles. The topological polar surface area (TPSA) is 38.3 Å². The van der Waals surface area contributed by atoms with Crippen LogP contribution in [-0.2, 0) is 17.6 Å². The van der Waals surface area contributed by atoms with Crippen molar-refractivity contribution < 1.29 is 9.53 Å².